The van der Waals surface area contributed by atoms with E-state index in [1.54, 1.807) is 5.48 Å². The number of amides is 1. The zero-order valence-corrected chi connectivity index (χ0v) is 16.8. The monoisotopic (exact) mass is 415 g/mol. The Morgan fingerprint density at radius 2 is 1.86 bits per heavy atom. The molecule has 0 aliphatic carbocycles. The molecular weight excluding hydrogens is 394 g/mol. The third-order valence-electron chi connectivity index (χ3n) is 5.66. The zero-order valence-electron chi connectivity index (χ0n) is 15.9. The van der Waals surface area contributed by atoms with Crippen molar-refractivity contribution < 1.29 is 10.0 Å². The first-order valence-electron chi connectivity index (χ1n) is 9.21. The predicted octanol–water partition coefficient (Wildman–Crippen LogP) is 1.23. The van der Waals surface area contributed by atoms with Crippen LogP contribution < -0.4 is 10.4 Å². The van der Waals surface area contributed by atoms with Crippen LogP contribution in [0.5, 0.6) is 0 Å². The van der Waals surface area contributed by atoms with E-state index < -0.39 is 5.91 Å². The topological polar surface area (TPSA) is 99.4 Å². The summed E-state index contributed by atoms with van der Waals surface area (Å²) in [7, 11) is 1.99. The first kappa shape index (κ1) is 19.6. The summed E-state index contributed by atoms with van der Waals surface area (Å²) in [5.41, 5.74) is 4.41. The van der Waals surface area contributed by atoms with Crippen molar-refractivity contribution >= 4 is 35.2 Å². The number of hydroxylamine groups is 1. The summed E-state index contributed by atoms with van der Waals surface area (Å²) in [6.45, 7) is 4.78. The van der Waals surface area contributed by atoms with Crippen molar-refractivity contribution in [3.05, 3.63) is 47.9 Å². The SMILES string of the molecule is Cl.Cn1nc(CN2CC3(C2)CN(c2ncc(C(=O)NO)cn2)C3)c2ccccc21. The van der Waals surface area contributed by atoms with Crippen LogP contribution in [-0.2, 0) is 13.6 Å². The highest BCUT2D eigenvalue weighted by Gasteiger charge is 2.52. The fourth-order valence-corrected chi connectivity index (χ4v) is 4.40. The maximum atomic E-state index is 11.3. The van der Waals surface area contributed by atoms with Gasteiger partial charge in [-0.1, -0.05) is 18.2 Å². The molecule has 2 N–H and O–H groups in total. The van der Waals surface area contributed by atoms with Crippen LogP contribution in [0, 0.1) is 5.41 Å². The molecule has 2 aliphatic rings. The van der Waals surface area contributed by atoms with Gasteiger partial charge in [-0.2, -0.15) is 5.10 Å². The summed E-state index contributed by atoms with van der Waals surface area (Å²) < 4.78 is 1.95. The maximum Gasteiger partial charge on any atom is 0.277 e. The van der Waals surface area contributed by atoms with E-state index in [4.69, 9.17) is 5.21 Å². The normalized spacial score (nSPS) is 17.5. The molecule has 2 saturated heterocycles. The first-order valence-corrected chi connectivity index (χ1v) is 9.21. The van der Waals surface area contributed by atoms with E-state index in [2.05, 4.69) is 43.1 Å². The Labute approximate surface area is 173 Å². The van der Waals surface area contributed by atoms with Gasteiger partial charge in [-0.05, 0) is 6.07 Å². The van der Waals surface area contributed by atoms with E-state index in [-0.39, 0.29) is 18.0 Å². The number of para-hydroxylation sites is 1. The molecule has 0 saturated carbocycles. The second-order valence-electron chi connectivity index (χ2n) is 7.80. The van der Waals surface area contributed by atoms with Gasteiger partial charge in [0.2, 0.25) is 5.95 Å². The summed E-state index contributed by atoms with van der Waals surface area (Å²) in [5.74, 6) is 0.0117. The molecule has 10 heteroatoms. The predicted molar refractivity (Wildman–Crippen MR) is 109 cm³/mol. The lowest BCUT2D eigenvalue weighted by Gasteiger charge is -2.60. The number of rotatable bonds is 4. The van der Waals surface area contributed by atoms with Crippen molar-refractivity contribution in [2.75, 3.05) is 31.1 Å². The highest BCUT2D eigenvalue weighted by Crippen LogP contribution is 2.41. The number of aromatic nitrogens is 4. The van der Waals surface area contributed by atoms with Gasteiger partial charge in [-0.3, -0.25) is 19.6 Å². The lowest BCUT2D eigenvalue weighted by atomic mass is 9.73. The Morgan fingerprint density at radius 3 is 2.55 bits per heavy atom. The van der Waals surface area contributed by atoms with E-state index in [1.807, 2.05) is 17.8 Å². The second kappa shape index (κ2) is 7.25. The molecule has 4 heterocycles. The molecule has 152 valence electrons. The number of hydrogen-bond acceptors (Lipinski definition) is 7. The van der Waals surface area contributed by atoms with Gasteiger partial charge in [-0.15, -0.1) is 12.4 Å². The molecule has 2 fully saturated rings. The standard InChI is InChI=1S/C19H21N7O2.ClH/c1-24-16-5-3-2-4-14(16)15(22-24)8-25-9-19(10-25)11-26(12-19)18-20-6-13(7-21-18)17(27)23-28;/h2-7,28H,8-12H2,1H3,(H,23,27);1H. The summed E-state index contributed by atoms with van der Waals surface area (Å²) in [4.78, 5) is 24.4. The van der Waals surface area contributed by atoms with Gasteiger partial charge in [0, 0.05) is 63.0 Å². The largest absolute Gasteiger partial charge is 0.339 e. The van der Waals surface area contributed by atoms with Crippen molar-refractivity contribution in [1.29, 1.82) is 0 Å². The third kappa shape index (κ3) is 3.31. The lowest BCUT2D eigenvalue weighted by molar-refractivity contribution is -0.0285. The zero-order chi connectivity index (χ0) is 19.3. The fraction of sp³-hybridized carbons (Fsp3) is 0.368. The van der Waals surface area contributed by atoms with Crippen molar-refractivity contribution in [1.82, 2.24) is 30.1 Å². The summed E-state index contributed by atoms with van der Waals surface area (Å²) in [6.07, 6.45) is 2.86. The summed E-state index contributed by atoms with van der Waals surface area (Å²) in [6, 6.07) is 8.34. The van der Waals surface area contributed by atoms with E-state index in [0.717, 1.165) is 43.9 Å². The molecule has 1 spiro atoms. The maximum absolute atomic E-state index is 11.3. The molecule has 1 amide bonds. The molecule has 1 aromatic carbocycles. The smallest absolute Gasteiger partial charge is 0.277 e. The Balaban J connectivity index is 0.00000205. The van der Waals surface area contributed by atoms with Gasteiger partial charge < -0.3 is 4.90 Å². The van der Waals surface area contributed by atoms with E-state index in [0.29, 0.717) is 11.4 Å². The molecular formula is C19H22ClN7O2. The number of likely N-dealkylation sites (tertiary alicyclic amines) is 1. The van der Waals surface area contributed by atoms with Crippen LogP contribution in [0.3, 0.4) is 0 Å². The van der Waals surface area contributed by atoms with E-state index in [1.165, 1.54) is 17.8 Å². The number of carbonyl (C=O) groups is 1. The molecule has 5 rings (SSSR count). The highest BCUT2D eigenvalue weighted by atomic mass is 35.5. The number of halogens is 1. The van der Waals surface area contributed by atoms with Crippen LogP contribution >= 0.6 is 12.4 Å². The minimum atomic E-state index is -0.608. The van der Waals surface area contributed by atoms with Crippen molar-refractivity contribution in [3.63, 3.8) is 0 Å². The molecule has 0 radical (unpaired) electrons. The van der Waals surface area contributed by atoms with Crippen LogP contribution in [-0.4, -0.2) is 61.9 Å². The minimum Gasteiger partial charge on any atom is -0.339 e. The van der Waals surface area contributed by atoms with Crippen molar-refractivity contribution in [2.45, 2.75) is 6.54 Å². The Morgan fingerprint density at radius 1 is 1.17 bits per heavy atom. The van der Waals surface area contributed by atoms with E-state index >= 15 is 0 Å². The number of nitrogens with one attached hydrogen (secondary N) is 1. The lowest BCUT2D eigenvalue weighted by Crippen LogP contribution is -2.72. The number of benzene rings is 1. The van der Waals surface area contributed by atoms with Crippen molar-refractivity contribution in [2.24, 2.45) is 12.5 Å². The molecule has 2 aromatic heterocycles. The summed E-state index contributed by atoms with van der Waals surface area (Å²) in [5, 5.41) is 14.6. The third-order valence-corrected chi connectivity index (χ3v) is 5.66. The Hall–Kier alpha value is -2.75. The molecule has 0 unspecified atom stereocenters. The molecule has 3 aromatic rings. The number of fused-ring (bicyclic) bond motifs is 1. The number of nitrogens with zero attached hydrogens (tertiary/aromatic N) is 6. The Kier molecular flexibility index (Phi) is 4.89. The van der Waals surface area contributed by atoms with Crippen LogP contribution in [0.15, 0.2) is 36.7 Å². The molecule has 29 heavy (non-hydrogen) atoms. The minimum absolute atomic E-state index is 0. The number of anilines is 1. The van der Waals surface area contributed by atoms with Crippen LogP contribution in [0.25, 0.3) is 10.9 Å². The van der Waals surface area contributed by atoms with Gasteiger partial charge in [0.1, 0.15) is 0 Å². The van der Waals surface area contributed by atoms with Crippen molar-refractivity contribution in [3.8, 4) is 0 Å². The Bertz CT molecular complexity index is 1040. The summed E-state index contributed by atoms with van der Waals surface area (Å²) >= 11 is 0. The molecule has 0 bridgehead atoms. The average molecular weight is 416 g/mol. The second-order valence-corrected chi connectivity index (χ2v) is 7.80. The number of hydrogen-bond donors (Lipinski definition) is 2. The van der Waals surface area contributed by atoms with Crippen LogP contribution in [0.1, 0.15) is 16.1 Å². The fourth-order valence-electron chi connectivity index (χ4n) is 4.40. The van der Waals surface area contributed by atoms with Gasteiger partial charge in [0.15, 0.2) is 0 Å². The van der Waals surface area contributed by atoms with E-state index in [9.17, 15) is 4.79 Å². The molecule has 0 atom stereocenters. The van der Waals surface area contributed by atoms with Crippen LogP contribution in [0.2, 0.25) is 0 Å². The van der Waals surface area contributed by atoms with Crippen LogP contribution in [0.4, 0.5) is 5.95 Å². The van der Waals surface area contributed by atoms with Gasteiger partial charge in [0.05, 0.1) is 16.8 Å². The number of carbonyl (C=O) groups excluding carboxylic acids is 1. The highest BCUT2D eigenvalue weighted by molar-refractivity contribution is 5.92. The van der Waals surface area contributed by atoms with Gasteiger partial charge in [0.25, 0.3) is 5.91 Å². The quantitative estimate of drug-likeness (QED) is 0.488. The van der Waals surface area contributed by atoms with Gasteiger partial charge >= 0.3 is 0 Å². The van der Waals surface area contributed by atoms with Gasteiger partial charge in [-0.25, -0.2) is 15.4 Å². The molecule has 2 aliphatic heterocycles. The molecule has 9 nitrogen and oxygen atoms in total. The number of aryl methyl sites for hydroxylation is 1. The average Bonchev–Trinajstić information content (AvgIpc) is 2.98. The first-order chi connectivity index (χ1) is 13.6.